The van der Waals surface area contributed by atoms with Gasteiger partial charge in [0.15, 0.2) is 6.23 Å². The Morgan fingerprint density at radius 3 is 1.32 bits per heavy atom. The van der Waals surface area contributed by atoms with Crippen molar-refractivity contribution in [1.82, 2.24) is 4.57 Å². The lowest BCUT2D eigenvalue weighted by Gasteiger charge is -2.28. The Labute approximate surface area is 351 Å². The standard InChI is InChI=1S/C56H46N2O2/c1-33-29-35(3)49(36(4)30-33)45-25-14-23-43-44-24-15-26-46(50-37(5)31-34(2)32-38(50)6)54(44)57(53(43)45)48-28-16-27-47-51(48)56(60)58(55(47)59)52-41(39-17-9-7-10-18-39)21-13-22-42(52)40-19-11-8-12-20-40/h7-32,56,60H,1-6H3. The minimum Gasteiger partial charge on any atom is -0.369 e. The predicted octanol–water partition coefficient (Wildman–Crippen LogP) is 14.0. The number of fused-ring (bicyclic) bond motifs is 4. The van der Waals surface area contributed by atoms with Crippen LogP contribution in [-0.4, -0.2) is 15.6 Å². The lowest BCUT2D eigenvalue weighted by atomic mass is 9.91. The lowest BCUT2D eigenvalue weighted by Crippen LogP contribution is -2.29. The summed E-state index contributed by atoms with van der Waals surface area (Å²) >= 11 is 0. The molecule has 0 saturated heterocycles. The average molecular weight is 779 g/mol. The fraction of sp³-hybridized carbons (Fsp3) is 0.125. The third-order valence-corrected chi connectivity index (χ3v) is 12.4. The molecule has 0 aliphatic carbocycles. The Morgan fingerprint density at radius 1 is 0.450 bits per heavy atom. The van der Waals surface area contributed by atoms with Gasteiger partial charge in [0.25, 0.3) is 5.91 Å². The molecule has 1 aliphatic heterocycles. The van der Waals surface area contributed by atoms with Crippen molar-refractivity contribution in [2.24, 2.45) is 0 Å². The van der Waals surface area contributed by atoms with Crippen LogP contribution >= 0.6 is 0 Å². The van der Waals surface area contributed by atoms with E-state index in [1.165, 1.54) is 44.5 Å². The molecular formula is C56H46N2O2. The van der Waals surface area contributed by atoms with Crippen LogP contribution in [0.25, 0.3) is 72.0 Å². The van der Waals surface area contributed by atoms with Gasteiger partial charge in [0.2, 0.25) is 0 Å². The minimum absolute atomic E-state index is 0.239. The predicted molar refractivity (Wildman–Crippen MR) is 249 cm³/mol. The van der Waals surface area contributed by atoms with E-state index in [1.54, 1.807) is 4.90 Å². The van der Waals surface area contributed by atoms with Crippen LogP contribution < -0.4 is 4.90 Å². The molecule has 1 aliphatic rings. The number of para-hydroxylation sites is 3. The zero-order valence-electron chi connectivity index (χ0n) is 34.8. The summed E-state index contributed by atoms with van der Waals surface area (Å²) in [6.07, 6.45) is -1.28. The fourth-order valence-corrected chi connectivity index (χ4v) is 10.3. The van der Waals surface area contributed by atoms with Crippen molar-refractivity contribution in [2.45, 2.75) is 47.8 Å². The monoisotopic (exact) mass is 778 g/mol. The highest BCUT2D eigenvalue weighted by atomic mass is 16.3. The fourth-order valence-electron chi connectivity index (χ4n) is 10.3. The summed E-state index contributed by atoms with van der Waals surface area (Å²) in [5.41, 5.74) is 20.1. The van der Waals surface area contributed by atoms with Crippen molar-refractivity contribution < 1.29 is 9.90 Å². The SMILES string of the molecule is Cc1cc(C)c(-c2cccc3c4cccc(-c5c(C)cc(C)cc5C)c4n(-c4cccc5c4C(O)N(c4c(-c6ccccc6)cccc4-c4ccccc4)C5=O)c23)c(C)c1. The molecule has 0 saturated carbocycles. The van der Waals surface area contributed by atoms with Crippen LogP contribution in [0.4, 0.5) is 5.69 Å². The number of aryl methyl sites for hydroxylation is 6. The molecule has 0 bridgehead atoms. The van der Waals surface area contributed by atoms with Crippen LogP contribution in [0.1, 0.15) is 55.5 Å². The number of carbonyl (C=O) groups excluding carboxylic acids is 1. The molecule has 0 radical (unpaired) electrons. The Hall–Kier alpha value is -7.01. The number of aromatic nitrogens is 1. The number of aliphatic hydroxyl groups excluding tert-OH is 1. The van der Waals surface area contributed by atoms with Crippen LogP contribution in [0.3, 0.4) is 0 Å². The zero-order chi connectivity index (χ0) is 41.4. The second-order valence-corrected chi connectivity index (χ2v) is 16.5. The molecule has 0 fully saturated rings. The molecule has 1 amide bonds. The summed E-state index contributed by atoms with van der Waals surface area (Å²) in [5.74, 6) is -0.239. The molecule has 0 spiro atoms. The number of benzene rings is 8. The molecule has 8 aromatic carbocycles. The molecule has 1 N–H and O–H groups in total. The highest BCUT2D eigenvalue weighted by Gasteiger charge is 2.41. The van der Waals surface area contributed by atoms with Crippen LogP contribution in [0.5, 0.6) is 0 Å². The average Bonchev–Trinajstić information content (AvgIpc) is 3.72. The molecule has 10 rings (SSSR count). The van der Waals surface area contributed by atoms with Crippen LogP contribution in [0.15, 0.2) is 158 Å². The summed E-state index contributed by atoms with van der Waals surface area (Å²) in [4.78, 5) is 16.8. The van der Waals surface area contributed by atoms with E-state index in [4.69, 9.17) is 0 Å². The normalized spacial score (nSPS) is 13.8. The maximum absolute atomic E-state index is 15.2. The Kier molecular flexibility index (Phi) is 8.93. The largest absolute Gasteiger partial charge is 0.369 e. The van der Waals surface area contributed by atoms with Crippen LogP contribution in [0, 0.1) is 41.5 Å². The Morgan fingerprint density at radius 2 is 0.850 bits per heavy atom. The van der Waals surface area contributed by atoms with Crippen molar-refractivity contribution in [3.63, 3.8) is 0 Å². The van der Waals surface area contributed by atoms with Gasteiger partial charge in [-0.2, -0.15) is 0 Å². The highest BCUT2D eigenvalue weighted by Crippen LogP contribution is 2.50. The highest BCUT2D eigenvalue weighted by molar-refractivity contribution is 6.19. The number of anilines is 1. The second kappa shape index (κ2) is 14.4. The molecule has 1 aromatic heterocycles. The van der Waals surface area contributed by atoms with E-state index in [0.717, 1.165) is 60.9 Å². The van der Waals surface area contributed by atoms with E-state index < -0.39 is 6.23 Å². The van der Waals surface area contributed by atoms with E-state index >= 15 is 4.79 Å². The summed E-state index contributed by atoms with van der Waals surface area (Å²) in [6.45, 7) is 13.1. The maximum atomic E-state index is 15.2. The quantitative estimate of drug-likeness (QED) is 0.183. The molecule has 1 atom stereocenters. The van der Waals surface area contributed by atoms with Crippen LogP contribution in [0.2, 0.25) is 0 Å². The van der Waals surface area contributed by atoms with Gasteiger partial charge in [-0.25, -0.2) is 0 Å². The maximum Gasteiger partial charge on any atom is 0.261 e. The van der Waals surface area contributed by atoms with E-state index in [1.807, 2.05) is 66.7 Å². The van der Waals surface area contributed by atoms with Crippen molar-refractivity contribution in [3.05, 3.63) is 202 Å². The number of aliphatic hydroxyl groups is 1. The smallest absolute Gasteiger partial charge is 0.261 e. The second-order valence-electron chi connectivity index (χ2n) is 16.5. The first-order valence-electron chi connectivity index (χ1n) is 20.7. The number of hydrogen-bond acceptors (Lipinski definition) is 2. The molecule has 1 unspecified atom stereocenters. The first kappa shape index (κ1) is 37.3. The third kappa shape index (κ3) is 5.74. The van der Waals surface area contributed by atoms with Gasteiger partial charge in [0.1, 0.15) is 0 Å². The minimum atomic E-state index is -1.28. The number of rotatable bonds is 6. The Bertz CT molecular complexity index is 2970. The molecule has 9 aromatic rings. The van der Waals surface area contributed by atoms with E-state index in [9.17, 15) is 5.11 Å². The first-order chi connectivity index (χ1) is 29.1. The summed E-state index contributed by atoms with van der Waals surface area (Å²) in [6, 6.07) is 54.6. The number of nitrogens with zero attached hydrogens (tertiary/aromatic N) is 2. The molecular weight excluding hydrogens is 733 g/mol. The van der Waals surface area contributed by atoms with Gasteiger partial charge in [0.05, 0.1) is 22.4 Å². The van der Waals surface area contributed by atoms with E-state index in [2.05, 4.69) is 137 Å². The van der Waals surface area contributed by atoms with Gasteiger partial charge >= 0.3 is 0 Å². The zero-order valence-corrected chi connectivity index (χ0v) is 34.8. The molecule has 292 valence electrons. The molecule has 2 heterocycles. The first-order valence-corrected chi connectivity index (χ1v) is 20.7. The number of hydrogen-bond donors (Lipinski definition) is 1. The van der Waals surface area contributed by atoms with Crippen molar-refractivity contribution in [2.75, 3.05) is 4.90 Å². The summed E-state index contributed by atoms with van der Waals surface area (Å²) < 4.78 is 2.35. The van der Waals surface area contributed by atoms with Gasteiger partial charge in [-0.3, -0.25) is 9.69 Å². The van der Waals surface area contributed by atoms with E-state index in [-0.39, 0.29) is 5.91 Å². The van der Waals surface area contributed by atoms with Gasteiger partial charge < -0.3 is 9.67 Å². The van der Waals surface area contributed by atoms with Crippen molar-refractivity contribution in [1.29, 1.82) is 0 Å². The number of amides is 1. The van der Waals surface area contributed by atoms with E-state index in [0.29, 0.717) is 16.8 Å². The third-order valence-electron chi connectivity index (χ3n) is 12.4. The summed E-state index contributed by atoms with van der Waals surface area (Å²) in [7, 11) is 0. The van der Waals surface area contributed by atoms with Gasteiger partial charge in [-0.1, -0.05) is 157 Å². The van der Waals surface area contributed by atoms with Gasteiger partial charge in [-0.15, -0.1) is 0 Å². The summed E-state index contributed by atoms with van der Waals surface area (Å²) in [5, 5.41) is 15.3. The topological polar surface area (TPSA) is 45.5 Å². The number of carbonyl (C=O) groups is 1. The van der Waals surface area contributed by atoms with Crippen molar-refractivity contribution in [3.8, 4) is 50.2 Å². The molecule has 4 nitrogen and oxygen atoms in total. The van der Waals surface area contributed by atoms with Crippen molar-refractivity contribution >= 4 is 33.4 Å². The lowest BCUT2D eigenvalue weighted by molar-refractivity contribution is 0.0935. The van der Waals surface area contributed by atoms with Gasteiger partial charge in [-0.05, 0) is 98.2 Å². The molecule has 60 heavy (non-hydrogen) atoms. The Balaban J connectivity index is 1.31. The van der Waals surface area contributed by atoms with Crippen LogP contribution in [-0.2, 0) is 0 Å². The van der Waals surface area contributed by atoms with Gasteiger partial charge in [0, 0.05) is 44.2 Å². The molecule has 4 heteroatoms.